The molecule has 2 aromatic rings. The highest BCUT2D eigenvalue weighted by molar-refractivity contribution is 6.42. The van der Waals surface area contributed by atoms with Crippen LogP contribution in [-0.4, -0.2) is 66.3 Å². The number of benzene rings is 2. The second-order valence-electron chi connectivity index (χ2n) is 10.4. The fourth-order valence-electron chi connectivity index (χ4n) is 5.04. The number of amides is 2. The lowest BCUT2D eigenvalue weighted by Gasteiger charge is -2.39. The molecule has 0 unspecified atom stereocenters. The summed E-state index contributed by atoms with van der Waals surface area (Å²) in [5.41, 5.74) is -1.64. The van der Waals surface area contributed by atoms with E-state index in [1.807, 2.05) is 0 Å². The van der Waals surface area contributed by atoms with Gasteiger partial charge in [0.15, 0.2) is 0 Å². The van der Waals surface area contributed by atoms with E-state index in [2.05, 4.69) is 4.90 Å². The number of halogens is 6. The number of alkyl halides is 3. The van der Waals surface area contributed by atoms with Crippen LogP contribution in [0.4, 0.5) is 17.6 Å². The van der Waals surface area contributed by atoms with E-state index in [1.54, 1.807) is 44.0 Å². The smallest absolute Gasteiger partial charge is 0.343 e. The van der Waals surface area contributed by atoms with E-state index >= 15 is 0 Å². The summed E-state index contributed by atoms with van der Waals surface area (Å²) in [6, 6.07) is 7.90. The summed E-state index contributed by atoms with van der Waals surface area (Å²) in [5, 5.41) is 0.628. The van der Waals surface area contributed by atoms with E-state index in [9.17, 15) is 27.2 Å². The summed E-state index contributed by atoms with van der Waals surface area (Å²) in [4.78, 5) is 31.0. The van der Waals surface area contributed by atoms with Crippen molar-refractivity contribution in [3.8, 4) is 0 Å². The molecule has 1 atom stereocenters. The molecule has 3 rings (SSSR count). The Hall–Kier alpha value is -2.36. The molecule has 214 valence electrons. The maximum absolute atomic E-state index is 13.9. The van der Waals surface area contributed by atoms with Crippen LogP contribution in [0.3, 0.4) is 0 Å². The maximum atomic E-state index is 13.9. The van der Waals surface area contributed by atoms with Crippen molar-refractivity contribution in [3.63, 3.8) is 0 Å². The molecular weight excluding hydrogens is 557 g/mol. The van der Waals surface area contributed by atoms with Gasteiger partial charge in [0.1, 0.15) is 5.82 Å². The molecule has 0 N–H and O–H groups in total. The monoisotopic (exact) mass is 589 g/mol. The summed E-state index contributed by atoms with van der Waals surface area (Å²) in [7, 11) is 3.31. The molecule has 0 saturated carbocycles. The maximum Gasteiger partial charge on any atom is 0.419 e. The van der Waals surface area contributed by atoms with Gasteiger partial charge in [0.2, 0.25) is 11.8 Å². The van der Waals surface area contributed by atoms with E-state index < -0.39 is 23.0 Å². The lowest BCUT2D eigenvalue weighted by molar-refractivity contribution is -0.140. The molecule has 0 bridgehead atoms. The molecule has 1 aliphatic heterocycles. The third kappa shape index (κ3) is 7.44. The van der Waals surface area contributed by atoms with E-state index in [4.69, 9.17) is 23.2 Å². The predicted octanol–water partition coefficient (Wildman–Crippen LogP) is 6.40. The van der Waals surface area contributed by atoms with Crippen molar-refractivity contribution in [2.45, 2.75) is 57.3 Å². The molecule has 0 aromatic heterocycles. The van der Waals surface area contributed by atoms with Crippen molar-refractivity contribution >= 4 is 35.0 Å². The van der Waals surface area contributed by atoms with Gasteiger partial charge in [-0.1, -0.05) is 35.3 Å². The van der Waals surface area contributed by atoms with Gasteiger partial charge in [0.25, 0.3) is 0 Å². The number of rotatable bonds is 8. The highest BCUT2D eigenvalue weighted by Crippen LogP contribution is 2.36. The van der Waals surface area contributed by atoms with Gasteiger partial charge in [0, 0.05) is 46.7 Å². The van der Waals surface area contributed by atoms with Gasteiger partial charge < -0.3 is 14.7 Å². The molecule has 39 heavy (non-hydrogen) atoms. The molecule has 1 aliphatic rings. The number of nitrogens with zero attached hydrogens (tertiary/aromatic N) is 3. The van der Waals surface area contributed by atoms with E-state index in [1.165, 1.54) is 18.0 Å². The number of likely N-dealkylation sites (N-methyl/N-ethyl adjacent to an activating group) is 1. The zero-order chi connectivity index (χ0) is 29.1. The second kappa shape index (κ2) is 12.4. The van der Waals surface area contributed by atoms with Gasteiger partial charge in [-0.3, -0.25) is 9.59 Å². The van der Waals surface area contributed by atoms with Crippen LogP contribution in [0.25, 0.3) is 0 Å². The first-order chi connectivity index (χ1) is 18.1. The minimum atomic E-state index is -4.84. The van der Waals surface area contributed by atoms with Crippen LogP contribution in [0.15, 0.2) is 36.4 Å². The van der Waals surface area contributed by atoms with Crippen molar-refractivity contribution < 1.29 is 27.2 Å². The first-order valence-electron chi connectivity index (χ1n) is 12.7. The van der Waals surface area contributed by atoms with Crippen molar-refractivity contribution in [1.82, 2.24) is 14.7 Å². The van der Waals surface area contributed by atoms with Crippen LogP contribution in [0.5, 0.6) is 0 Å². The molecule has 0 radical (unpaired) electrons. The predicted molar refractivity (Wildman–Crippen MR) is 144 cm³/mol. The number of likely N-dealkylation sites (tertiary alicyclic amines) is 1. The van der Waals surface area contributed by atoms with Crippen LogP contribution >= 0.6 is 23.2 Å². The number of carbonyl (C=O) groups excluding carboxylic acids is 2. The Morgan fingerprint density at radius 3 is 2.23 bits per heavy atom. The molecule has 0 spiro atoms. The zero-order valence-electron chi connectivity index (χ0n) is 22.4. The lowest BCUT2D eigenvalue weighted by Crippen LogP contribution is -2.48. The molecule has 11 heteroatoms. The quantitative estimate of drug-likeness (QED) is 0.335. The van der Waals surface area contributed by atoms with Crippen molar-refractivity contribution in [1.29, 1.82) is 0 Å². The normalized spacial score (nSPS) is 16.6. The van der Waals surface area contributed by atoms with Gasteiger partial charge in [-0.15, -0.1) is 0 Å². The Labute approximate surface area is 236 Å². The third-order valence-corrected chi connectivity index (χ3v) is 8.40. The Morgan fingerprint density at radius 2 is 1.67 bits per heavy atom. The first kappa shape index (κ1) is 31.2. The molecule has 5 nitrogen and oxygen atoms in total. The minimum Gasteiger partial charge on any atom is -0.343 e. The Balaban J connectivity index is 1.81. The largest absolute Gasteiger partial charge is 0.419 e. The van der Waals surface area contributed by atoms with Gasteiger partial charge in [-0.05, 0) is 68.1 Å². The summed E-state index contributed by atoms with van der Waals surface area (Å²) in [5.74, 6) is -1.65. The minimum absolute atomic E-state index is 0.0257. The molecule has 1 saturated heterocycles. The van der Waals surface area contributed by atoms with Gasteiger partial charge in [0.05, 0.1) is 21.0 Å². The highest BCUT2D eigenvalue weighted by Gasteiger charge is 2.39. The molecule has 2 amide bonds. The average Bonchev–Trinajstić information content (AvgIpc) is 2.88. The molecule has 2 aromatic carbocycles. The molecule has 1 fully saturated rings. The van der Waals surface area contributed by atoms with E-state index in [0.717, 1.165) is 38.1 Å². The van der Waals surface area contributed by atoms with Crippen LogP contribution in [0.2, 0.25) is 10.0 Å². The van der Waals surface area contributed by atoms with Gasteiger partial charge >= 0.3 is 6.18 Å². The van der Waals surface area contributed by atoms with Crippen LogP contribution in [0.1, 0.15) is 49.8 Å². The van der Waals surface area contributed by atoms with Gasteiger partial charge in [-0.2, -0.15) is 13.2 Å². The summed E-state index contributed by atoms with van der Waals surface area (Å²) >= 11 is 12.4. The third-order valence-electron chi connectivity index (χ3n) is 7.66. The second-order valence-corrected chi connectivity index (χ2v) is 11.2. The number of carbonyl (C=O) groups is 2. The fraction of sp³-hybridized carbons (Fsp3) is 0.500. The first-order valence-corrected chi connectivity index (χ1v) is 13.4. The average molecular weight is 590 g/mol. The topological polar surface area (TPSA) is 43.9 Å². The highest BCUT2D eigenvalue weighted by atomic mass is 35.5. The summed E-state index contributed by atoms with van der Waals surface area (Å²) < 4.78 is 53.4. The zero-order valence-corrected chi connectivity index (χ0v) is 23.9. The standard InChI is InChI=1S/C28H33Cl2F4N3O2/c1-18(38)36(4)21-9-12-37(13-10-21)14-11-27(2,20-6-7-23(29)24(30)16-20)26(39)35(3)17-19-5-8-25(31)22(15-19)28(32,33)34/h5-8,15-16,21H,9-14,17H2,1-4H3/t27-/m1/s1. The number of hydrogen-bond donors (Lipinski definition) is 0. The van der Waals surface area contributed by atoms with Crippen molar-refractivity contribution in [2.75, 3.05) is 33.7 Å². The van der Waals surface area contributed by atoms with E-state index in [-0.39, 0.29) is 35.0 Å². The van der Waals surface area contributed by atoms with E-state index in [0.29, 0.717) is 23.6 Å². The SMILES string of the molecule is CC(=O)N(C)C1CCN(CC[C@@](C)(C(=O)N(C)Cc2ccc(F)c(C(F)(F)F)c2)c2ccc(Cl)c(Cl)c2)CC1. The van der Waals surface area contributed by atoms with Crippen LogP contribution in [0, 0.1) is 5.82 Å². The Bertz CT molecular complexity index is 1200. The van der Waals surface area contributed by atoms with Crippen molar-refractivity contribution in [2.24, 2.45) is 0 Å². The Morgan fingerprint density at radius 1 is 1.03 bits per heavy atom. The number of hydrogen-bond acceptors (Lipinski definition) is 3. The molecular formula is C28H33Cl2F4N3O2. The summed E-state index contributed by atoms with van der Waals surface area (Å²) in [6.45, 7) is 5.31. The molecule has 0 aliphatic carbocycles. The van der Waals surface area contributed by atoms with Crippen molar-refractivity contribution in [3.05, 3.63) is 69.0 Å². The lowest BCUT2D eigenvalue weighted by atomic mass is 9.77. The van der Waals surface area contributed by atoms with Crippen LogP contribution in [-0.2, 0) is 27.7 Å². The van der Waals surface area contributed by atoms with Gasteiger partial charge in [-0.25, -0.2) is 4.39 Å². The number of piperidine rings is 1. The van der Waals surface area contributed by atoms with Crippen LogP contribution < -0.4 is 0 Å². The Kier molecular flexibility index (Phi) is 9.94. The summed E-state index contributed by atoms with van der Waals surface area (Å²) in [6.07, 6.45) is -2.79. The fourth-order valence-corrected chi connectivity index (χ4v) is 5.34. The molecule has 1 heterocycles.